The smallest absolute Gasteiger partial charge is 0.457 e. The third-order valence-corrected chi connectivity index (χ3v) is 22.5. The van der Waals surface area contributed by atoms with Gasteiger partial charge in [0.2, 0.25) is 11.5 Å². The summed E-state index contributed by atoms with van der Waals surface area (Å²) in [5, 5.41) is 12.0. The molecule has 518 valence electrons. The molecule has 0 radical (unpaired) electrons. The van der Waals surface area contributed by atoms with Crippen molar-refractivity contribution in [2.45, 2.75) is 136 Å². The van der Waals surface area contributed by atoms with Crippen LogP contribution < -0.4 is 21.4 Å². The minimum absolute atomic E-state index is 0.0455. The standard InChI is InChI=1S/C68H99N7O18Si/c1-9-55-56-42-54(94(7,8)67(4,5)6)21-22-60(56)73-62-57(55)44-75-61(62)43-59-58(64(75)79)48-91-65(80)68(59,10-2)93-66(81)92-45-49-17-19-51(20-18-49)72-63(78)50(15-12-13-23-70-11-3)41-53(77)47-90-46-52(76)16-14-25-82-27-29-84-31-33-86-35-37-88-39-40-89-38-36-87-34-32-85-30-28-83-26-24-71-74-69/h17-22,42-43,50,70H,9-16,23-41,44-48H2,1-8H3,(H,72,78)/i3T. The van der Waals surface area contributed by atoms with Crippen molar-refractivity contribution in [3.8, 4) is 11.4 Å². The second-order valence-electron chi connectivity index (χ2n) is 24.4. The maximum atomic E-state index is 14.4. The highest BCUT2D eigenvalue weighted by atomic mass is 28.3. The van der Waals surface area contributed by atoms with Gasteiger partial charge in [0.25, 0.3) is 5.56 Å². The largest absolute Gasteiger partial charge is 0.510 e. The van der Waals surface area contributed by atoms with Crippen LogP contribution in [-0.2, 0) is 108 Å². The van der Waals surface area contributed by atoms with Crippen LogP contribution in [0.5, 0.6) is 0 Å². The van der Waals surface area contributed by atoms with Crippen molar-refractivity contribution in [1.82, 2.24) is 14.9 Å². The van der Waals surface area contributed by atoms with E-state index in [1.165, 1.54) is 5.19 Å². The predicted octanol–water partition coefficient (Wildman–Crippen LogP) is 8.82. The summed E-state index contributed by atoms with van der Waals surface area (Å²) in [7, 11) is -1.89. The minimum Gasteiger partial charge on any atom is -0.457 e. The van der Waals surface area contributed by atoms with Gasteiger partial charge in [-0.1, -0.05) is 95.6 Å². The summed E-state index contributed by atoms with van der Waals surface area (Å²) in [5.74, 6) is -2.39. The van der Waals surface area contributed by atoms with Crippen LogP contribution in [0, 0.1) is 5.92 Å². The SMILES string of the molecule is [3H]CCNCCCCC(CC(=O)COCC(=O)CCCOCCOCCOCCOCCOCCOCCOCCOCCN=[N+]=[N-])C(=O)Nc1ccc(COC(=O)OC2(CC)C(=O)OCc3c2cc2n(c3=O)Cc3c-2nc2ccc([Si](C)(C)C(C)(C)C)cc2c3CC)cc1. The zero-order valence-electron chi connectivity index (χ0n) is 57.1. The van der Waals surface area contributed by atoms with Crippen LogP contribution in [0.3, 0.4) is 0 Å². The van der Waals surface area contributed by atoms with Crippen LogP contribution in [0.25, 0.3) is 32.7 Å². The number of unbranched alkanes of at least 4 members (excludes halogenated alkanes) is 1. The molecule has 0 saturated heterocycles. The first-order chi connectivity index (χ1) is 45.9. The Bertz CT molecular complexity index is 3210. The molecule has 94 heavy (non-hydrogen) atoms. The zero-order chi connectivity index (χ0) is 68.5. The second kappa shape index (κ2) is 40.1. The lowest BCUT2D eigenvalue weighted by molar-refractivity contribution is -0.175. The van der Waals surface area contributed by atoms with E-state index >= 15 is 0 Å². The molecule has 26 heteroatoms. The Labute approximate surface area is 554 Å². The van der Waals surface area contributed by atoms with E-state index in [-0.39, 0.29) is 91.8 Å². The number of hydrogen-bond acceptors (Lipinski definition) is 21. The molecule has 2 N–H and O–H groups in total. The highest BCUT2D eigenvalue weighted by molar-refractivity contribution is 6.92. The normalized spacial score (nSPS) is 14.8. The molecule has 1 amide bonds. The van der Waals surface area contributed by atoms with Gasteiger partial charge >= 0.3 is 12.1 Å². The summed E-state index contributed by atoms with van der Waals surface area (Å²) < 4.78 is 75.3. The molecule has 0 spiro atoms. The van der Waals surface area contributed by atoms with E-state index in [1.54, 1.807) is 41.8 Å². The van der Waals surface area contributed by atoms with E-state index in [9.17, 15) is 28.8 Å². The number of hydrogen-bond donors (Lipinski definition) is 2. The van der Waals surface area contributed by atoms with Crippen molar-refractivity contribution in [1.29, 1.82) is 0 Å². The van der Waals surface area contributed by atoms with Crippen LogP contribution in [-0.4, -0.2) is 186 Å². The van der Waals surface area contributed by atoms with Gasteiger partial charge < -0.3 is 72.0 Å². The zero-order valence-corrected chi connectivity index (χ0v) is 57.1. The second-order valence-corrected chi connectivity index (χ2v) is 29.8. The van der Waals surface area contributed by atoms with Gasteiger partial charge in [-0.05, 0) is 91.2 Å². The Hall–Kier alpha value is -6.52. The molecule has 2 aliphatic heterocycles. The van der Waals surface area contributed by atoms with Crippen molar-refractivity contribution < 1.29 is 82.2 Å². The summed E-state index contributed by atoms with van der Waals surface area (Å²) in [5.41, 5.74) is 11.4. The van der Waals surface area contributed by atoms with Crippen LogP contribution in [0.15, 0.2) is 58.4 Å². The first-order valence-corrected chi connectivity index (χ1v) is 35.8. The molecular weight excluding hydrogens is 1230 g/mol. The van der Waals surface area contributed by atoms with E-state index in [4.69, 9.17) is 68.7 Å². The maximum absolute atomic E-state index is 14.4. The summed E-state index contributed by atoms with van der Waals surface area (Å²) in [4.78, 5) is 89.2. The minimum atomic E-state index is -1.98. The van der Waals surface area contributed by atoms with Gasteiger partial charge in [0, 0.05) is 60.4 Å². The number of carbonyl (C=O) groups excluding carboxylic acids is 5. The summed E-state index contributed by atoms with van der Waals surface area (Å²) in [6, 6.07) is 14.9. The number of amides is 1. The number of fused-ring (bicyclic) bond motifs is 5. The number of benzene rings is 2. The van der Waals surface area contributed by atoms with E-state index in [0.717, 1.165) is 34.9 Å². The average Bonchev–Trinajstić information content (AvgIpc) is 1.63. The number of cyclic esters (lactones) is 1. The third-order valence-electron chi connectivity index (χ3n) is 17.0. The van der Waals surface area contributed by atoms with Gasteiger partial charge in [0.1, 0.15) is 26.4 Å². The Morgan fingerprint density at radius 1 is 0.777 bits per heavy atom. The van der Waals surface area contributed by atoms with Gasteiger partial charge in [-0.3, -0.25) is 19.2 Å². The average molecular weight is 1330 g/mol. The van der Waals surface area contributed by atoms with Crippen LogP contribution in [0.4, 0.5) is 10.5 Å². The number of ether oxygens (including phenoxy) is 12. The first-order valence-electron chi connectivity index (χ1n) is 33.5. The third kappa shape index (κ3) is 23.1. The summed E-state index contributed by atoms with van der Waals surface area (Å²) in [6.07, 6.45) is 1.88. The molecule has 25 nitrogen and oxygen atoms in total. The fourth-order valence-electron chi connectivity index (χ4n) is 10.7. The number of ketones is 2. The molecule has 0 aliphatic carbocycles. The highest BCUT2D eigenvalue weighted by Gasteiger charge is 2.51. The molecular formula is C68H99N7O18Si. The Balaban J connectivity index is 0.867. The number of nitrogens with one attached hydrogen (secondary N) is 2. The number of aromatic nitrogens is 2. The number of rotatable bonds is 48. The Morgan fingerprint density at radius 2 is 1.38 bits per heavy atom. The molecule has 0 fully saturated rings. The summed E-state index contributed by atoms with van der Waals surface area (Å²) >= 11 is 0. The lowest BCUT2D eigenvalue weighted by atomic mass is 9.85. The lowest BCUT2D eigenvalue weighted by Gasteiger charge is -2.37. The molecule has 4 heterocycles. The van der Waals surface area contributed by atoms with E-state index < -0.39 is 31.7 Å². The summed E-state index contributed by atoms with van der Waals surface area (Å²) in [6.45, 7) is 23.0. The van der Waals surface area contributed by atoms with Crippen LogP contribution >= 0.6 is 0 Å². The lowest BCUT2D eigenvalue weighted by Crippen LogP contribution is -2.49. The fourth-order valence-corrected chi connectivity index (χ4v) is 12.6. The molecule has 2 aromatic heterocycles. The monoisotopic (exact) mass is 1330 g/mol. The van der Waals surface area contributed by atoms with Crippen LogP contribution in [0.2, 0.25) is 18.1 Å². The van der Waals surface area contributed by atoms with Crippen molar-refractivity contribution in [2.75, 3.05) is 144 Å². The van der Waals surface area contributed by atoms with E-state index in [0.29, 0.717) is 174 Å². The number of esters is 1. The molecule has 4 aromatic rings. The van der Waals surface area contributed by atoms with Gasteiger partial charge in [0.15, 0.2) is 11.6 Å². The fraction of sp³-hybridized carbons (Fsp3) is 0.632. The topological polar surface area (TPSA) is 304 Å². The Morgan fingerprint density at radius 3 is 1.97 bits per heavy atom. The molecule has 0 bridgehead atoms. The van der Waals surface area contributed by atoms with Crippen molar-refractivity contribution in [3.05, 3.63) is 97.1 Å². The maximum Gasteiger partial charge on any atom is 0.510 e. The number of carbonyl (C=O) groups is 5. The molecule has 2 unspecified atom stereocenters. The molecule has 2 aliphatic rings. The number of azide groups is 1. The van der Waals surface area contributed by atoms with E-state index in [2.05, 4.69) is 79.6 Å². The van der Waals surface area contributed by atoms with Crippen molar-refractivity contribution >= 4 is 59.4 Å². The van der Waals surface area contributed by atoms with Gasteiger partial charge in [-0.15, -0.1) is 0 Å². The number of Topliss-reactive ketones (excluding diaryl/α,β-unsaturated/α-hetero) is 2. The number of pyridine rings is 2. The number of anilines is 1. The number of aryl methyl sites for hydroxylation is 1. The molecule has 0 saturated carbocycles. The predicted molar refractivity (Wildman–Crippen MR) is 356 cm³/mol. The molecule has 2 aromatic carbocycles. The first kappa shape index (κ1) is 74.9. The van der Waals surface area contributed by atoms with Gasteiger partial charge in [-0.25, -0.2) is 14.6 Å². The quantitative estimate of drug-likeness (QED) is 0.00917. The highest BCUT2D eigenvalue weighted by Crippen LogP contribution is 2.43. The van der Waals surface area contributed by atoms with E-state index in [1.807, 2.05) is 0 Å². The Kier molecular flexibility index (Phi) is 32.0. The van der Waals surface area contributed by atoms with Crippen LogP contribution in [0.1, 0.15) is 116 Å². The van der Waals surface area contributed by atoms with Gasteiger partial charge in [-0.2, -0.15) is 0 Å². The number of nitrogens with zero attached hydrogens (tertiary/aromatic N) is 5. The van der Waals surface area contributed by atoms with Crippen molar-refractivity contribution in [3.63, 3.8) is 0 Å². The van der Waals surface area contributed by atoms with Gasteiger partial charge in [0.05, 0.1) is 136 Å². The molecule has 6 rings (SSSR count). The molecule has 2 atom stereocenters. The van der Waals surface area contributed by atoms with Crippen molar-refractivity contribution in [2.24, 2.45) is 11.0 Å².